The summed E-state index contributed by atoms with van der Waals surface area (Å²) in [7, 11) is -3.84. The van der Waals surface area contributed by atoms with Crippen LogP contribution in [-0.2, 0) is 10.0 Å². The molecule has 7 heteroatoms. The van der Waals surface area contributed by atoms with Crippen molar-refractivity contribution in [1.29, 1.82) is 0 Å². The second-order valence-corrected chi connectivity index (χ2v) is 8.28. The lowest BCUT2D eigenvalue weighted by atomic mass is 10.1. The summed E-state index contributed by atoms with van der Waals surface area (Å²) in [5.74, 6) is 0.219. The zero-order valence-electron chi connectivity index (χ0n) is 12.0. The molecule has 0 atom stereocenters. The number of nitrogens with two attached hydrogens (primary N) is 1. The van der Waals surface area contributed by atoms with Crippen molar-refractivity contribution in [2.45, 2.75) is 37.6 Å². The first-order chi connectivity index (χ1) is 9.68. The Hall–Kier alpha value is -0.920. The molecule has 1 saturated carbocycles. The quantitative estimate of drug-likeness (QED) is 0.858. The highest BCUT2D eigenvalue weighted by Crippen LogP contribution is 2.30. The van der Waals surface area contributed by atoms with Gasteiger partial charge in [0.05, 0.1) is 4.90 Å². The summed E-state index contributed by atoms with van der Waals surface area (Å²) in [6.45, 7) is 4.78. The second kappa shape index (κ2) is 6.06. The van der Waals surface area contributed by atoms with E-state index in [1.165, 1.54) is 12.1 Å². The van der Waals surface area contributed by atoms with Crippen molar-refractivity contribution in [3.63, 3.8) is 0 Å². The van der Waals surface area contributed by atoms with Gasteiger partial charge in [-0.2, -0.15) is 0 Å². The maximum Gasteiger partial charge on any atom is 0.254 e. The van der Waals surface area contributed by atoms with Gasteiger partial charge in [0.1, 0.15) is 0 Å². The van der Waals surface area contributed by atoms with Crippen molar-refractivity contribution in [3.8, 4) is 0 Å². The van der Waals surface area contributed by atoms with Crippen LogP contribution in [0.25, 0.3) is 0 Å². The van der Waals surface area contributed by atoms with Crippen molar-refractivity contribution in [1.82, 2.24) is 4.90 Å². The topological polar surface area (TPSA) is 80.5 Å². The lowest BCUT2D eigenvalue weighted by Crippen LogP contribution is -2.36. The van der Waals surface area contributed by atoms with Crippen LogP contribution in [0, 0.1) is 5.92 Å². The van der Waals surface area contributed by atoms with Crippen molar-refractivity contribution in [3.05, 3.63) is 28.2 Å². The predicted molar refractivity (Wildman–Crippen MR) is 84.4 cm³/mol. The number of primary sulfonamides is 1. The zero-order valence-corrected chi connectivity index (χ0v) is 14.4. The summed E-state index contributed by atoms with van der Waals surface area (Å²) < 4.78 is 23.5. The fourth-order valence-electron chi connectivity index (χ4n) is 2.19. The molecule has 0 aromatic heterocycles. The SMILES string of the molecule is CC(C)CN(C(=O)c1cc(Br)cc(S(N)(=O)=O)c1)C1CC1. The van der Waals surface area contributed by atoms with E-state index < -0.39 is 10.0 Å². The van der Waals surface area contributed by atoms with E-state index in [0.717, 1.165) is 12.8 Å². The molecular weight excluding hydrogens is 356 g/mol. The highest BCUT2D eigenvalue weighted by atomic mass is 79.9. The first-order valence-corrected chi connectivity index (χ1v) is 9.17. The maximum atomic E-state index is 12.7. The van der Waals surface area contributed by atoms with Gasteiger partial charge in [-0.25, -0.2) is 13.6 Å². The monoisotopic (exact) mass is 374 g/mol. The molecule has 0 heterocycles. The van der Waals surface area contributed by atoms with Crippen LogP contribution >= 0.6 is 15.9 Å². The molecule has 2 N–H and O–H groups in total. The summed E-state index contributed by atoms with van der Waals surface area (Å²) >= 11 is 3.24. The maximum absolute atomic E-state index is 12.7. The van der Waals surface area contributed by atoms with Gasteiger partial charge in [-0.15, -0.1) is 0 Å². The van der Waals surface area contributed by atoms with Crippen LogP contribution in [0.3, 0.4) is 0 Å². The van der Waals surface area contributed by atoms with Crippen molar-refractivity contribution < 1.29 is 13.2 Å². The average Bonchev–Trinajstić information content (AvgIpc) is 3.17. The van der Waals surface area contributed by atoms with Gasteiger partial charge in [0.25, 0.3) is 5.91 Å². The number of amides is 1. The van der Waals surface area contributed by atoms with Gasteiger partial charge in [-0.3, -0.25) is 4.79 Å². The Bertz CT molecular complexity index is 654. The van der Waals surface area contributed by atoms with Crippen LogP contribution in [0.1, 0.15) is 37.0 Å². The number of rotatable bonds is 5. The summed E-state index contributed by atoms with van der Waals surface area (Å²) in [6, 6.07) is 4.65. The number of hydrogen-bond acceptors (Lipinski definition) is 3. The van der Waals surface area contributed by atoms with E-state index in [9.17, 15) is 13.2 Å². The predicted octanol–water partition coefficient (Wildman–Crippen LogP) is 2.36. The zero-order chi connectivity index (χ0) is 15.8. The molecule has 0 aliphatic heterocycles. The molecule has 116 valence electrons. The Balaban J connectivity index is 2.35. The third kappa shape index (κ3) is 4.28. The van der Waals surface area contributed by atoms with Crippen LogP contribution in [0.2, 0.25) is 0 Å². The Morgan fingerprint density at radius 1 is 1.38 bits per heavy atom. The Kier molecular flexibility index (Phi) is 4.75. The summed E-state index contributed by atoms with van der Waals surface area (Å²) in [6.07, 6.45) is 2.02. The average molecular weight is 375 g/mol. The van der Waals surface area contributed by atoms with Crippen molar-refractivity contribution >= 4 is 31.9 Å². The fraction of sp³-hybridized carbons (Fsp3) is 0.500. The minimum absolute atomic E-state index is 0.0551. The number of sulfonamides is 1. The van der Waals surface area contributed by atoms with Crippen molar-refractivity contribution in [2.75, 3.05) is 6.54 Å². The second-order valence-electron chi connectivity index (χ2n) is 5.80. The van der Waals surface area contributed by atoms with Gasteiger partial charge >= 0.3 is 0 Å². The van der Waals surface area contributed by atoms with E-state index in [-0.39, 0.29) is 16.8 Å². The number of benzene rings is 1. The molecule has 5 nitrogen and oxygen atoms in total. The first kappa shape index (κ1) is 16.5. The Labute approximate surface area is 133 Å². The van der Waals surface area contributed by atoms with Crippen LogP contribution in [-0.4, -0.2) is 31.8 Å². The third-order valence-electron chi connectivity index (χ3n) is 3.26. The highest BCUT2D eigenvalue weighted by molar-refractivity contribution is 9.10. The molecule has 1 fully saturated rings. The number of nitrogens with zero attached hydrogens (tertiary/aromatic N) is 1. The van der Waals surface area contributed by atoms with E-state index in [2.05, 4.69) is 29.8 Å². The normalized spacial score (nSPS) is 15.3. The first-order valence-electron chi connectivity index (χ1n) is 6.83. The Morgan fingerprint density at radius 2 is 2.00 bits per heavy atom. The molecule has 2 rings (SSSR count). The molecule has 0 radical (unpaired) electrons. The molecule has 0 spiro atoms. The molecule has 1 aliphatic carbocycles. The minimum atomic E-state index is -3.84. The Morgan fingerprint density at radius 3 is 2.48 bits per heavy atom. The lowest BCUT2D eigenvalue weighted by molar-refractivity contribution is 0.0722. The van der Waals surface area contributed by atoms with Crippen LogP contribution in [0.15, 0.2) is 27.6 Å². The molecule has 1 aliphatic rings. The smallest absolute Gasteiger partial charge is 0.254 e. The van der Waals surface area contributed by atoms with Gasteiger partial charge in [0, 0.05) is 22.6 Å². The van der Waals surface area contributed by atoms with Crippen LogP contribution in [0.4, 0.5) is 0 Å². The van der Waals surface area contributed by atoms with Crippen LogP contribution < -0.4 is 5.14 Å². The van der Waals surface area contributed by atoms with Crippen molar-refractivity contribution in [2.24, 2.45) is 11.1 Å². The highest BCUT2D eigenvalue weighted by Gasteiger charge is 2.33. The van der Waals surface area contributed by atoms with Gasteiger partial charge in [-0.1, -0.05) is 29.8 Å². The summed E-state index contributed by atoms with van der Waals surface area (Å²) in [5.41, 5.74) is 0.348. The summed E-state index contributed by atoms with van der Waals surface area (Å²) in [4.78, 5) is 14.4. The fourth-order valence-corrected chi connectivity index (χ4v) is 3.42. The number of carbonyl (C=O) groups is 1. The number of halogens is 1. The number of hydrogen-bond donors (Lipinski definition) is 1. The lowest BCUT2D eigenvalue weighted by Gasteiger charge is -2.24. The van der Waals surface area contributed by atoms with Gasteiger partial charge < -0.3 is 4.90 Å². The molecule has 0 saturated heterocycles. The third-order valence-corrected chi connectivity index (χ3v) is 4.61. The van der Waals surface area contributed by atoms with Crippen LogP contribution in [0.5, 0.6) is 0 Å². The molecular formula is C14H19BrN2O3S. The molecule has 21 heavy (non-hydrogen) atoms. The van der Waals surface area contributed by atoms with E-state index in [1.807, 2.05) is 4.90 Å². The molecule has 1 aromatic rings. The van der Waals surface area contributed by atoms with Gasteiger partial charge in [0.15, 0.2) is 0 Å². The van der Waals surface area contributed by atoms with E-state index >= 15 is 0 Å². The molecule has 0 bridgehead atoms. The molecule has 0 unspecified atom stereocenters. The largest absolute Gasteiger partial charge is 0.335 e. The van der Waals surface area contributed by atoms with E-state index in [0.29, 0.717) is 22.5 Å². The van der Waals surface area contributed by atoms with Gasteiger partial charge in [-0.05, 0) is 37.0 Å². The van der Waals surface area contributed by atoms with E-state index in [1.54, 1.807) is 6.07 Å². The molecule has 1 aromatic carbocycles. The summed E-state index contributed by atoms with van der Waals surface area (Å²) in [5, 5.41) is 5.15. The number of carbonyl (C=O) groups excluding carboxylic acids is 1. The van der Waals surface area contributed by atoms with E-state index in [4.69, 9.17) is 5.14 Å². The molecule has 1 amide bonds. The standard InChI is InChI=1S/C14H19BrN2O3S/c1-9(2)8-17(12-3-4-12)14(18)10-5-11(15)7-13(6-10)21(16,19)20/h5-7,9,12H,3-4,8H2,1-2H3,(H2,16,19,20). The minimum Gasteiger partial charge on any atom is -0.335 e. The van der Waals surface area contributed by atoms with Gasteiger partial charge in [0.2, 0.25) is 10.0 Å².